The lowest BCUT2D eigenvalue weighted by Gasteiger charge is -2.12. The summed E-state index contributed by atoms with van der Waals surface area (Å²) in [4.78, 5) is 21.2. The van der Waals surface area contributed by atoms with Crippen LogP contribution < -0.4 is 5.32 Å². The average molecular weight is 356 g/mol. The van der Waals surface area contributed by atoms with Gasteiger partial charge in [-0.2, -0.15) is 0 Å². The number of rotatable bonds is 4. The first kappa shape index (κ1) is 15.9. The van der Waals surface area contributed by atoms with Gasteiger partial charge in [0.1, 0.15) is 5.65 Å². The van der Waals surface area contributed by atoms with Crippen molar-refractivity contribution in [1.29, 1.82) is 0 Å². The third kappa shape index (κ3) is 3.14. The molecule has 0 amide bonds. The Balaban J connectivity index is 1.53. The average Bonchev–Trinajstić information content (AvgIpc) is 3.38. The van der Waals surface area contributed by atoms with Gasteiger partial charge in [0.25, 0.3) is 0 Å². The molecule has 0 saturated heterocycles. The largest absolute Gasteiger partial charge is 0.351 e. The van der Waals surface area contributed by atoms with E-state index in [2.05, 4.69) is 31.3 Å². The van der Waals surface area contributed by atoms with Gasteiger partial charge < -0.3 is 10.3 Å². The van der Waals surface area contributed by atoms with Crippen molar-refractivity contribution in [3.8, 4) is 22.4 Å². The molecule has 5 rings (SSSR count). The van der Waals surface area contributed by atoms with Crippen LogP contribution in [0.1, 0.15) is 25.7 Å². The molecule has 0 spiro atoms. The van der Waals surface area contributed by atoms with Crippen molar-refractivity contribution in [1.82, 2.24) is 24.9 Å². The van der Waals surface area contributed by atoms with Crippen LogP contribution in [0.25, 0.3) is 33.4 Å². The molecular weight excluding hydrogens is 336 g/mol. The van der Waals surface area contributed by atoms with Crippen molar-refractivity contribution in [2.45, 2.75) is 31.7 Å². The molecule has 4 aromatic rings. The van der Waals surface area contributed by atoms with Crippen molar-refractivity contribution in [3.63, 3.8) is 0 Å². The highest BCUT2D eigenvalue weighted by Gasteiger charge is 2.16. The number of aromatic nitrogens is 5. The first-order chi connectivity index (χ1) is 13.4. The van der Waals surface area contributed by atoms with E-state index in [-0.39, 0.29) is 0 Å². The highest BCUT2D eigenvalue weighted by Crippen LogP contribution is 2.30. The van der Waals surface area contributed by atoms with Crippen LogP contribution in [0.4, 0.5) is 5.95 Å². The molecule has 1 fully saturated rings. The summed E-state index contributed by atoms with van der Waals surface area (Å²) in [7, 11) is 0. The van der Waals surface area contributed by atoms with Crippen LogP contribution >= 0.6 is 0 Å². The number of aromatic amines is 1. The van der Waals surface area contributed by atoms with E-state index < -0.39 is 0 Å². The molecule has 0 atom stereocenters. The molecule has 1 aliphatic rings. The third-order valence-corrected chi connectivity index (χ3v) is 5.15. The van der Waals surface area contributed by atoms with Gasteiger partial charge in [0.05, 0.1) is 5.69 Å². The summed E-state index contributed by atoms with van der Waals surface area (Å²) in [5, 5.41) is 4.52. The maximum Gasteiger partial charge on any atom is 0.223 e. The molecule has 4 aromatic heterocycles. The van der Waals surface area contributed by atoms with Crippen molar-refractivity contribution in [2.24, 2.45) is 0 Å². The Morgan fingerprint density at radius 3 is 2.78 bits per heavy atom. The summed E-state index contributed by atoms with van der Waals surface area (Å²) in [6, 6.07) is 8.54. The Bertz CT molecular complexity index is 1070. The van der Waals surface area contributed by atoms with Crippen LogP contribution in [0, 0.1) is 0 Å². The molecule has 134 valence electrons. The lowest BCUT2D eigenvalue weighted by molar-refractivity contribution is 0.744. The molecule has 0 unspecified atom stereocenters. The van der Waals surface area contributed by atoms with Crippen LogP contribution in [-0.4, -0.2) is 31.0 Å². The zero-order chi connectivity index (χ0) is 18.1. The standard InChI is InChI=1S/C21H20N6/c1-2-6-16(5-1)26-21-23-9-7-19(27-21)18-13-25-20-17(18)10-15(12-24-20)14-4-3-8-22-11-14/h3-4,7-13,16H,1-2,5-6H2,(H,24,25)(H,23,26,27). The van der Waals surface area contributed by atoms with E-state index in [9.17, 15) is 0 Å². The number of nitrogens with one attached hydrogen (secondary N) is 2. The van der Waals surface area contributed by atoms with Gasteiger partial charge in [0.2, 0.25) is 5.95 Å². The maximum absolute atomic E-state index is 4.75. The minimum Gasteiger partial charge on any atom is -0.351 e. The number of nitrogens with zero attached hydrogens (tertiary/aromatic N) is 4. The monoisotopic (exact) mass is 356 g/mol. The first-order valence-corrected chi connectivity index (χ1v) is 9.34. The van der Waals surface area contributed by atoms with Gasteiger partial charge >= 0.3 is 0 Å². The van der Waals surface area contributed by atoms with Gasteiger partial charge in [-0.3, -0.25) is 4.98 Å². The van der Waals surface area contributed by atoms with Gasteiger partial charge in [-0.25, -0.2) is 15.0 Å². The fourth-order valence-electron chi connectivity index (χ4n) is 3.74. The Morgan fingerprint density at radius 2 is 1.93 bits per heavy atom. The third-order valence-electron chi connectivity index (χ3n) is 5.15. The van der Waals surface area contributed by atoms with Crippen LogP contribution in [0.3, 0.4) is 0 Å². The number of hydrogen-bond donors (Lipinski definition) is 2. The zero-order valence-corrected chi connectivity index (χ0v) is 14.9. The Labute approximate surface area is 157 Å². The lowest BCUT2D eigenvalue weighted by Crippen LogP contribution is -2.16. The number of hydrogen-bond acceptors (Lipinski definition) is 5. The summed E-state index contributed by atoms with van der Waals surface area (Å²) < 4.78 is 0. The SMILES string of the molecule is c1cncc(-c2cnc3[nH]cc(-c4ccnc(NC5CCCC5)n4)c3c2)c1. The van der Waals surface area contributed by atoms with E-state index in [0.29, 0.717) is 12.0 Å². The Hall–Kier alpha value is -3.28. The first-order valence-electron chi connectivity index (χ1n) is 9.34. The minimum atomic E-state index is 0.488. The molecule has 0 aromatic carbocycles. The summed E-state index contributed by atoms with van der Waals surface area (Å²) in [5.74, 6) is 0.699. The summed E-state index contributed by atoms with van der Waals surface area (Å²) in [6.45, 7) is 0. The van der Waals surface area contributed by atoms with Crippen molar-refractivity contribution in [3.05, 3.63) is 55.2 Å². The summed E-state index contributed by atoms with van der Waals surface area (Å²) in [5.41, 5.74) is 4.85. The molecule has 1 aliphatic carbocycles. The molecule has 4 heterocycles. The fraction of sp³-hybridized carbons (Fsp3) is 0.238. The van der Waals surface area contributed by atoms with E-state index in [4.69, 9.17) is 4.98 Å². The second-order valence-corrected chi connectivity index (χ2v) is 6.96. The predicted molar refractivity (Wildman–Crippen MR) is 106 cm³/mol. The maximum atomic E-state index is 4.75. The fourth-order valence-corrected chi connectivity index (χ4v) is 3.74. The van der Waals surface area contributed by atoms with E-state index in [1.165, 1.54) is 25.7 Å². The normalized spacial score (nSPS) is 14.7. The highest BCUT2D eigenvalue weighted by molar-refractivity contribution is 5.94. The van der Waals surface area contributed by atoms with Gasteiger partial charge in [0, 0.05) is 59.1 Å². The van der Waals surface area contributed by atoms with E-state index >= 15 is 0 Å². The Kier molecular flexibility index (Phi) is 4.01. The molecule has 6 nitrogen and oxygen atoms in total. The van der Waals surface area contributed by atoms with Crippen LogP contribution in [-0.2, 0) is 0 Å². The quantitative estimate of drug-likeness (QED) is 0.565. The van der Waals surface area contributed by atoms with Crippen LogP contribution in [0.2, 0.25) is 0 Å². The predicted octanol–water partition coefficient (Wildman–Crippen LogP) is 4.44. The van der Waals surface area contributed by atoms with Gasteiger partial charge in [-0.15, -0.1) is 0 Å². The van der Waals surface area contributed by atoms with E-state index in [1.54, 1.807) is 6.20 Å². The molecule has 27 heavy (non-hydrogen) atoms. The highest BCUT2D eigenvalue weighted by atomic mass is 15.1. The number of H-pyrrole nitrogens is 1. The topological polar surface area (TPSA) is 79.4 Å². The number of anilines is 1. The molecule has 6 heteroatoms. The number of pyridine rings is 2. The molecule has 1 saturated carbocycles. The second-order valence-electron chi connectivity index (χ2n) is 6.96. The minimum absolute atomic E-state index is 0.488. The van der Waals surface area contributed by atoms with Gasteiger partial charge in [0.15, 0.2) is 0 Å². The van der Waals surface area contributed by atoms with Crippen molar-refractivity contribution >= 4 is 17.0 Å². The second kappa shape index (κ2) is 6.79. The molecule has 2 N–H and O–H groups in total. The molecule has 0 bridgehead atoms. The lowest BCUT2D eigenvalue weighted by atomic mass is 10.1. The number of fused-ring (bicyclic) bond motifs is 1. The van der Waals surface area contributed by atoms with E-state index in [0.717, 1.165) is 33.4 Å². The molecule has 0 radical (unpaired) electrons. The molecular formula is C21H20N6. The van der Waals surface area contributed by atoms with Crippen molar-refractivity contribution in [2.75, 3.05) is 5.32 Å². The smallest absolute Gasteiger partial charge is 0.223 e. The van der Waals surface area contributed by atoms with Crippen LogP contribution in [0.15, 0.2) is 55.2 Å². The van der Waals surface area contributed by atoms with Gasteiger partial charge in [-0.1, -0.05) is 18.9 Å². The van der Waals surface area contributed by atoms with Crippen LogP contribution in [0.5, 0.6) is 0 Å². The molecule has 0 aliphatic heterocycles. The van der Waals surface area contributed by atoms with Crippen molar-refractivity contribution < 1.29 is 0 Å². The van der Waals surface area contributed by atoms with E-state index in [1.807, 2.05) is 43.0 Å². The Morgan fingerprint density at radius 1 is 1.00 bits per heavy atom. The summed E-state index contributed by atoms with van der Waals surface area (Å²) in [6.07, 6.45) is 14.2. The summed E-state index contributed by atoms with van der Waals surface area (Å²) >= 11 is 0. The van der Waals surface area contributed by atoms with Gasteiger partial charge in [-0.05, 0) is 31.0 Å². The zero-order valence-electron chi connectivity index (χ0n) is 14.9.